The Balaban J connectivity index is 1.47. The maximum Gasteiger partial charge on any atom is 0.253 e. The van der Waals surface area contributed by atoms with Gasteiger partial charge in [-0.3, -0.25) is 14.7 Å². The van der Waals surface area contributed by atoms with Crippen LogP contribution in [0, 0.1) is 0 Å². The maximum atomic E-state index is 12.8. The predicted octanol–water partition coefficient (Wildman–Crippen LogP) is 3.05. The van der Waals surface area contributed by atoms with Gasteiger partial charge in [0.1, 0.15) is 0 Å². The number of benzene rings is 2. The van der Waals surface area contributed by atoms with Crippen LogP contribution in [0.15, 0.2) is 60.7 Å². The Kier molecular flexibility index (Phi) is 5.19. The lowest BCUT2D eigenvalue weighted by atomic mass is 10.1. The van der Waals surface area contributed by atoms with E-state index < -0.39 is 0 Å². The highest BCUT2D eigenvalue weighted by molar-refractivity contribution is 5.94. The van der Waals surface area contributed by atoms with Crippen molar-refractivity contribution in [1.29, 1.82) is 0 Å². The predicted molar refractivity (Wildman–Crippen MR) is 108 cm³/mol. The number of hydrogen-bond donors (Lipinski definition) is 1. The summed E-state index contributed by atoms with van der Waals surface area (Å²) in [6.45, 7) is 2.53. The van der Waals surface area contributed by atoms with Crippen LogP contribution in [0.4, 0.5) is 0 Å². The first-order valence-corrected chi connectivity index (χ1v) is 9.44. The van der Waals surface area contributed by atoms with E-state index in [9.17, 15) is 9.59 Å². The Morgan fingerprint density at radius 2 is 1.71 bits per heavy atom. The van der Waals surface area contributed by atoms with E-state index in [1.54, 1.807) is 4.90 Å². The summed E-state index contributed by atoms with van der Waals surface area (Å²) in [5.41, 5.74) is 4.50. The molecule has 0 atom stereocenters. The molecule has 6 nitrogen and oxygen atoms in total. The van der Waals surface area contributed by atoms with Crippen LogP contribution in [-0.4, -0.2) is 58.5 Å². The number of amides is 2. The van der Waals surface area contributed by atoms with Gasteiger partial charge in [-0.1, -0.05) is 42.5 Å². The van der Waals surface area contributed by atoms with E-state index in [4.69, 9.17) is 0 Å². The first-order valence-electron chi connectivity index (χ1n) is 9.44. The van der Waals surface area contributed by atoms with Crippen molar-refractivity contribution in [3.8, 4) is 22.5 Å². The van der Waals surface area contributed by atoms with Crippen LogP contribution in [-0.2, 0) is 4.79 Å². The molecule has 1 aromatic heterocycles. The van der Waals surface area contributed by atoms with E-state index >= 15 is 0 Å². The summed E-state index contributed by atoms with van der Waals surface area (Å²) in [6.07, 6.45) is 1.66. The standard InChI is InChI=1S/C22H22N4O2/c27-16-25-11-4-12-26(14-13-25)22(28)19-9-7-18(8-10-19)21-15-20(23-24-21)17-5-2-1-3-6-17/h1-3,5-10,15-16H,4,11-14H2,(H,23,24). The average molecular weight is 374 g/mol. The highest BCUT2D eigenvalue weighted by Gasteiger charge is 2.19. The Labute approximate surface area is 163 Å². The quantitative estimate of drug-likeness (QED) is 0.714. The Morgan fingerprint density at radius 3 is 2.46 bits per heavy atom. The molecule has 1 N–H and O–H groups in total. The second kappa shape index (κ2) is 8.08. The molecule has 1 aliphatic heterocycles. The van der Waals surface area contributed by atoms with E-state index in [-0.39, 0.29) is 5.91 Å². The second-order valence-electron chi connectivity index (χ2n) is 6.90. The number of hydrogen-bond acceptors (Lipinski definition) is 3. The smallest absolute Gasteiger partial charge is 0.253 e. The fraction of sp³-hybridized carbons (Fsp3) is 0.227. The lowest BCUT2D eigenvalue weighted by Crippen LogP contribution is -2.34. The highest BCUT2D eigenvalue weighted by Crippen LogP contribution is 2.24. The van der Waals surface area contributed by atoms with Crippen LogP contribution < -0.4 is 0 Å². The van der Waals surface area contributed by atoms with Gasteiger partial charge in [0.05, 0.1) is 11.4 Å². The molecule has 0 unspecified atom stereocenters. The molecule has 0 saturated carbocycles. The molecule has 2 aromatic carbocycles. The van der Waals surface area contributed by atoms with Gasteiger partial charge in [0.15, 0.2) is 0 Å². The molecule has 1 aliphatic rings. The molecule has 1 fully saturated rings. The summed E-state index contributed by atoms with van der Waals surface area (Å²) in [5.74, 6) is 0.00823. The van der Waals surface area contributed by atoms with Crippen molar-refractivity contribution in [2.75, 3.05) is 26.2 Å². The average Bonchev–Trinajstić information content (AvgIpc) is 3.13. The van der Waals surface area contributed by atoms with Crippen molar-refractivity contribution in [2.45, 2.75) is 6.42 Å². The Morgan fingerprint density at radius 1 is 0.929 bits per heavy atom. The Bertz CT molecular complexity index is 950. The number of aromatic amines is 1. The van der Waals surface area contributed by atoms with E-state index in [0.29, 0.717) is 31.7 Å². The molecule has 0 radical (unpaired) electrons. The molecular weight excluding hydrogens is 352 g/mol. The second-order valence-corrected chi connectivity index (χ2v) is 6.90. The van der Waals surface area contributed by atoms with Crippen LogP contribution >= 0.6 is 0 Å². The molecule has 28 heavy (non-hydrogen) atoms. The minimum Gasteiger partial charge on any atom is -0.343 e. The van der Waals surface area contributed by atoms with Crippen molar-refractivity contribution in [2.24, 2.45) is 0 Å². The molecule has 2 amide bonds. The summed E-state index contributed by atoms with van der Waals surface area (Å²) in [7, 11) is 0. The summed E-state index contributed by atoms with van der Waals surface area (Å²) >= 11 is 0. The molecule has 1 saturated heterocycles. The van der Waals surface area contributed by atoms with Gasteiger partial charge in [-0.15, -0.1) is 0 Å². The van der Waals surface area contributed by atoms with Crippen molar-refractivity contribution >= 4 is 12.3 Å². The van der Waals surface area contributed by atoms with Crippen molar-refractivity contribution < 1.29 is 9.59 Å². The molecule has 2 heterocycles. The fourth-order valence-electron chi connectivity index (χ4n) is 3.45. The van der Waals surface area contributed by atoms with E-state index in [2.05, 4.69) is 10.2 Å². The molecule has 0 bridgehead atoms. The van der Waals surface area contributed by atoms with Gasteiger partial charge in [-0.25, -0.2) is 0 Å². The monoisotopic (exact) mass is 374 g/mol. The van der Waals surface area contributed by atoms with Gasteiger partial charge < -0.3 is 9.80 Å². The number of nitrogens with zero attached hydrogens (tertiary/aromatic N) is 3. The van der Waals surface area contributed by atoms with Gasteiger partial charge in [0.2, 0.25) is 6.41 Å². The third-order valence-corrected chi connectivity index (χ3v) is 5.06. The molecule has 0 aliphatic carbocycles. The summed E-state index contributed by atoms with van der Waals surface area (Å²) in [5, 5.41) is 7.45. The molecule has 142 valence electrons. The number of H-pyrrole nitrogens is 1. The zero-order chi connectivity index (χ0) is 19.3. The third-order valence-electron chi connectivity index (χ3n) is 5.06. The fourth-order valence-corrected chi connectivity index (χ4v) is 3.45. The number of carbonyl (C=O) groups excluding carboxylic acids is 2. The van der Waals surface area contributed by atoms with Crippen LogP contribution in [0.25, 0.3) is 22.5 Å². The number of carbonyl (C=O) groups is 2. The van der Waals surface area contributed by atoms with E-state index in [1.807, 2.05) is 65.6 Å². The number of rotatable bonds is 4. The summed E-state index contributed by atoms with van der Waals surface area (Å²) in [4.78, 5) is 27.3. The minimum absolute atomic E-state index is 0.00823. The zero-order valence-corrected chi connectivity index (χ0v) is 15.5. The molecule has 0 spiro atoms. The minimum atomic E-state index is 0.00823. The van der Waals surface area contributed by atoms with Crippen molar-refractivity contribution in [1.82, 2.24) is 20.0 Å². The molecule has 6 heteroatoms. The van der Waals surface area contributed by atoms with E-state index in [0.717, 1.165) is 35.3 Å². The van der Waals surface area contributed by atoms with Gasteiger partial charge in [-0.05, 0) is 30.2 Å². The van der Waals surface area contributed by atoms with Crippen LogP contribution in [0.3, 0.4) is 0 Å². The first kappa shape index (κ1) is 18.0. The highest BCUT2D eigenvalue weighted by atomic mass is 16.2. The third kappa shape index (κ3) is 3.81. The Hall–Kier alpha value is -3.41. The SMILES string of the molecule is O=CN1CCCN(C(=O)c2ccc(-c3cc(-c4ccccc4)n[nH]3)cc2)CC1. The normalized spacial score (nSPS) is 14.6. The van der Waals surface area contributed by atoms with Crippen molar-refractivity contribution in [3.05, 3.63) is 66.2 Å². The van der Waals surface area contributed by atoms with Crippen LogP contribution in [0.1, 0.15) is 16.8 Å². The summed E-state index contributed by atoms with van der Waals surface area (Å²) < 4.78 is 0. The lowest BCUT2D eigenvalue weighted by Gasteiger charge is -2.20. The topological polar surface area (TPSA) is 69.3 Å². The van der Waals surface area contributed by atoms with Crippen LogP contribution in [0.5, 0.6) is 0 Å². The van der Waals surface area contributed by atoms with Crippen LogP contribution in [0.2, 0.25) is 0 Å². The largest absolute Gasteiger partial charge is 0.343 e. The van der Waals surface area contributed by atoms with Crippen molar-refractivity contribution in [3.63, 3.8) is 0 Å². The molecule has 3 aromatic rings. The van der Waals surface area contributed by atoms with E-state index in [1.165, 1.54) is 0 Å². The number of aromatic nitrogens is 2. The zero-order valence-electron chi connectivity index (χ0n) is 15.5. The number of nitrogens with one attached hydrogen (secondary N) is 1. The molecule has 4 rings (SSSR count). The van der Waals surface area contributed by atoms with Gasteiger partial charge in [0, 0.05) is 37.3 Å². The molecular formula is C22H22N4O2. The summed E-state index contributed by atoms with van der Waals surface area (Å²) in [6, 6.07) is 19.6. The van der Waals surface area contributed by atoms with Gasteiger partial charge in [-0.2, -0.15) is 5.10 Å². The first-order chi connectivity index (χ1) is 13.7. The lowest BCUT2D eigenvalue weighted by molar-refractivity contribution is -0.118. The van der Waals surface area contributed by atoms with Gasteiger partial charge in [0.25, 0.3) is 5.91 Å². The van der Waals surface area contributed by atoms with Gasteiger partial charge >= 0.3 is 0 Å². The maximum absolute atomic E-state index is 12.8.